The van der Waals surface area contributed by atoms with Crippen molar-refractivity contribution in [3.8, 4) is 5.75 Å². The average Bonchev–Trinajstić information content (AvgIpc) is 2.97. The molecule has 1 unspecified atom stereocenters. The van der Waals surface area contributed by atoms with Gasteiger partial charge in [0.25, 0.3) is 0 Å². The Morgan fingerprint density at radius 2 is 1.68 bits per heavy atom. The van der Waals surface area contributed by atoms with Crippen molar-refractivity contribution >= 4 is 46.5 Å². The van der Waals surface area contributed by atoms with Crippen LogP contribution in [-0.2, 0) is 20.7 Å². The fourth-order valence-electron chi connectivity index (χ4n) is 6.01. The SMILES string of the molecule is CC(CC(C)(C)C)C(C)(C)C(=O)OCN1C(=O)CCc2ccc(OCCCCN3CCN(c4cccc(Cl)c4Cl)CC3)cc21. The predicted molar refractivity (Wildman–Crippen MR) is 180 cm³/mol. The van der Waals surface area contributed by atoms with E-state index in [0.29, 0.717) is 29.5 Å². The first-order chi connectivity index (χ1) is 20.8. The van der Waals surface area contributed by atoms with Crippen LogP contribution in [0.4, 0.5) is 11.4 Å². The number of anilines is 2. The van der Waals surface area contributed by atoms with Gasteiger partial charge < -0.3 is 14.4 Å². The maximum Gasteiger partial charge on any atom is 0.313 e. The summed E-state index contributed by atoms with van der Waals surface area (Å²) >= 11 is 12.6. The van der Waals surface area contributed by atoms with E-state index in [0.717, 1.165) is 74.7 Å². The van der Waals surface area contributed by atoms with Crippen LogP contribution < -0.4 is 14.5 Å². The minimum absolute atomic E-state index is 0.0410. The lowest BCUT2D eigenvalue weighted by atomic mass is 9.72. The fraction of sp³-hybridized carbons (Fsp3) is 0.600. The Kier molecular flexibility index (Phi) is 11.5. The molecule has 1 saturated heterocycles. The van der Waals surface area contributed by atoms with Gasteiger partial charge in [-0.15, -0.1) is 0 Å². The third-order valence-corrected chi connectivity index (χ3v) is 9.85. The molecule has 4 rings (SSSR count). The molecule has 2 heterocycles. The molecular formula is C35H49Cl2N3O4. The second-order valence-electron chi connectivity index (χ2n) is 14.0. The maximum atomic E-state index is 13.1. The summed E-state index contributed by atoms with van der Waals surface area (Å²) in [7, 11) is 0. The van der Waals surface area contributed by atoms with Crippen LogP contribution in [0.3, 0.4) is 0 Å². The molecule has 2 aliphatic heterocycles. The molecule has 0 radical (unpaired) electrons. The number of aryl methyl sites for hydroxylation is 1. The number of carbonyl (C=O) groups is 2. The molecule has 44 heavy (non-hydrogen) atoms. The summed E-state index contributed by atoms with van der Waals surface area (Å²) in [5, 5.41) is 1.22. The number of amides is 1. The Morgan fingerprint density at radius 1 is 0.955 bits per heavy atom. The van der Waals surface area contributed by atoms with Gasteiger partial charge in [-0.2, -0.15) is 0 Å². The van der Waals surface area contributed by atoms with Crippen LogP contribution in [0.25, 0.3) is 0 Å². The lowest BCUT2D eigenvalue weighted by molar-refractivity contribution is -0.157. The predicted octanol–water partition coefficient (Wildman–Crippen LogP) is 7.85. The Labute approximate surface area is 273 Å². The molecule has 1 fully saturated rings. The standard InChI is InChI=1S/C35H49Cl2N3O4/c1-25(23-34(2,3)4)35(5,6)33(42)44-24-40-30-22-27(14-12-26(30)13-15-31(40)41)43-21-8-7-16-38-17-19-39(20-18-38)29-11-9-10-28(36)32(29)37/h9-12,14,22,25H,7-8,13,15-21,23-24H2,1-6H3. The van der Waals surface area contributed by atoms with Crippen molar-refractivity contribution in [2.75, 3.05) is 55.9 Å². The normalized spacial score (nSPS) is 17.0. The van der Waals surface area contributed by atoms with Crippen LogP contribution in [0, 0.1) is 16.7 Å². The van der Waals surface area contributed by atoms with Crippen molar-refractivity contribution in [2.24, 2.45) is 16.7 Å². The number of halogens is 2. The summed E-state index contributed by atoms with van der Waals surface area (Å²) in [6.45, 7) is 17.8. The maximum absolute atomic E-state index is 13.1. The number of fused-ring (bicyclic) bond motifs is 1. The Hall–Kier alpha value is -2.48. The molecular weight excluding hydrogens is 597 g/mol. The highest BCUT2D eigenvalue weighted by atomic mass is 35.5. The number of benzene rings is 2. The van der Waals surface area contributed by atoms with Gasteiger partial charge in [-0.3, -0.25) is 19.4 Å². The zero-order valence-electron chi connectivity index (χ0n) is 27.3. The highest BCUT2D eigenvalue weighted by Gasteiger charge is 2.38. The van der Waals surface area contributed by atoms with Gasteiger partial charge in [-0.25, -0.2) is 0 Å². The van der Waals surface area contributed by atoms with Gasteiger partial charge in [0, 0.05) is 38.7 Å². The van der Waals surface area contributed by atoms with E-state index in [2.05, 4.69) is 37.5 Å². The summed E-state index contributed by atoms with van der Waals surface area (Å²) in [6.07, 6.45) is 3.93. The van der Waals surface area contributed by atoms with Gasteiger partial charge in [0.1, 0.15) is 5.75 Å². The molecule has 0 N–H and O–H groups in total. The number of ether oxygens (including phenoxy) is 2. The van der Waals surface area contributed by atoms with Gasteiger partial charge in [0.05, 0.1) is 33.4 Å². The molecule has 7 nitrogen and oxygen atoms in total. The molecule has 9 heteroatoms. The van der Waals surface area contributed by atoms with E-state index < -0.39 is 5.41 Å². The van der Waals surface area contributed by atoms with Crippen LogP contribution in [0.15, 0.2) is 36.4 Å². The minimum Gasteiger partial charge on any atom is -0.494 e. The third kappa shape index (κ3) is 8.82. The van der Waals surface area contributed by atoms with Gasteiger partial charge in [0.15, 0.2) is 6.73 Å². The van der Waals surface area contributed by atoms with Crippen LogP contribution in [0.2, 0.25) is 10.0 Å². The molecule has 0 bridgehead atoms. The number of hydrogen-bond donors (Lipinski definition) is 0. The molecule has 2 aromatic carbocycles. The first-order valence-corrected chi connectivity index (χ1v) is 16.7. The van der Waals surface area contributed by atoms with Crippen molar-refractivity contribution in [1.29, 1.82) is 0 Å². The Bertz CT molecular complexity index is 1300. The second-order valence-corrected chi connectivity index (χ2v) is 14.8. The number of unbranched alkanes of at least 4 members (excludes halogenated alkanes) is 1. The van der Waals surface area contributed by atoms with E-state index in [1.807, 2.05) is 50.2 Å². The van der Waals surface area contributed by atoms with Crippen molar-refractivity contribution < 1.29 is 19.1 Å². The van der Waals surface area contributed by atoms with Crippen molar-refractivity contribution in [3.05, 3.63) is 52.0 Å². The molecule has 1 atom stereocenters. The van der Waals surface area contributed by atoms with E-state index in [4.69, 9.17) is 32.7 Å². The highest BCUT2D eigenvalue weighted by molar-refractivity contribution is 6.43. The number of esters is 1. The van der Waals surface area contributed by atoms with Gasteiger partial charge in [0.2, 0.25) is 5.91 Å². The van der Waals surface area contributed by atoms with E-state index >= 15 is 0 Å². The zero-order chi connectivity index (χ0) is 32.1. The molecule has 0 saturated carbocycles. The highest BCUT2D eigenvalue weighted by Crippen LogP contribution is 2.38. The van der Waals surface area contributed by atoms with E-state index in [1.54, 1.807) is 4.90 Å². The molecule has 0 aliphatic carbocycles. The smallest absolute Gasteiger partial charge is 0.313 e. The van der Waals surface area contributed by atoms with Crippen molar-refractivity contribution in [2.45, 2.75) is 73.6 Å². The summed E-state index contributed by atoms with van der Waals surface area (Å²) in [6, 6.07) is 11.7. The lowest BCUT2D eigenvalue weighted by Gasteiger charge is -2.36. The first-order valence-electron chi connectivity index (χ1n) is 15.9. The number of rotatable bonds is 12. The van der Waals surface area contributed by atoms with Gasteiger partial charge in [-0.1, -0.05) is 63.0 Å². The summed E-state index contributed by atoms with van der Waals surface area (Å²) in [4.78, 5) is 32.4. The molecule has 1 amide bonds. The minimum atomic E-state index is -0.655. The number of hydrogen-bond acceptors (Lipinski definition) is 6. The zero-order valence-corrected chi connectivity index (χ0v) is 28.8. The van der Waals surface area contributed by atoms with Crippen LogP contribution >= 0.6 is 23.2 Å². The monoisotopic (exact) mass is 645 g/mol. The van der Waals surface area contributed by atoms with Crippen LogP contribution in [0.5, 0.6) is 5.75 Å². The quantitative estimate of drug-likeness (QED) is 0.173. The topological polar surface area (TPSA) is 62.3 Å². The molecule has 2 aliphatic rings. The number of piperazine rings is 1. The second kappa shape index (κ2) is 14.7. The van der Waals surface area contributed by atoms with E-state index in [1.165, 1.54) is 0 Å². The van der Waals surface area contributed by atoms with E-state index in [-0.39, 0.29) is 29.9 Å². The fourth-order valence-corrected chi connectivity index (χ4v) is 6.42. The first kappa shape index (κ1) is 34.4. The Balaban J connectivity index is 1.23. The van der Waals surface area contributed by atoms with Gasteiger partial charge in [-0.05, 0) is 81.2 Å². The summed E-state index contributed by atoms with van der Waals surface area (Å²) in [5.74, 6) is 0.537. The summed E-state index contributed by atoms with van der Waals surface area (Å²) < 4.78 is 11.9. The average molecular weight is 647 g/mol. The largest absolute Gasteiger partial charge is 0.494 e. The van der Waals surface area contributed by atoms with Crippen LogP contribution in [-0.4, -0.2) is 62.8 Å². The number of carbonyl (C=O) groups excluding carboxylic acids is 2. The molecule has 242 valence electrons. The Morgan fingerprint density at radius 3 is 2.39 bits per heavy atom. The van der Waals surface area contributed by atoms with Crippen molar-refractivity contribution in [1.82, 2.24) is 4.90 Å². The summed E-state index contributed by atoms with van der Waals surface area (Å²) in [5.41, 5.74) is 2.29. The molecule has 2 aromatic rings. The van der Waals surface area contributed by atoms with Gasteiger partial charge >= 0.3 is 5.97 Å². The van der Waals surface area contributed by atoms with Crippen LogP contribution in [0.1, 0.15) is 72.8 Å². The third-order valence-electron chi connectivity index (χ3n) is 9.04. The molecule has 0 spiro atoms. The number of nitrogens with zero attached hydrogens (tertiary/aromatic N) is 3. The van der Waals surface area contributed by atoms with Crippen molar-refractivity contribution in [3.63, 3.8) is 0 Å². The van der Waals surface area contributed by atoms with E-state index in [9.17, 15) is 9.59 Å². The molecule has 0 aromatic heterocycles. The lowest BCUT2D eigenvalue weighted by Crippen LogP contribution is -2.46.